The van der Waals surface area contributed by atoms with Crippen LogP contribution in [0.5, 0.6) is 11.5 Å². The number of aromatic hydroxyl groups is 1. The first-order chi connectivity index (χ1) is 15.8. The van der Waals surface area contributed by atoms with Gasteiger partial charge in [-0.1, -0.05) is 37.6 Å². The van der Waals surface area contributed by atoms with Crippen LogP contribution in [0.1, 0.15) is 43.4 Å². The highest BCUT2D eigenvalue weighted by molar-refractivity contribution is 6.46. The van der Waals surface area contributed by atoms with E-state index in [1.165, 1.54) is 17.0 Å². The number of hydrogen-bond donors (Lipinski definition) is 2. The lowest BCUT2D eigenvalue weighted by atomic mass is 9.95. The molecule has 2 aromatic rings. The monoisotopic (exact) mass is 452 g/mol. The van der Waals surface area contributed by atoms with Crippen molar-refractivity contribution in [3.63, 3.8) is 0 Å². The third-order valence-corrected chi connectivity index (χ3v) is 5.63. The summed E-state index contributed by atoms with van der Waals surface area (Å²) in [6, 6.07) is 12.5. The van der Waals surface area contributed by atoms with E-state index in [2.05, 4.69) is 6.92 Å². The molecule has 0 aromatic heterocycles. The van der Waals surface area contributed by atoms with E-state index in [4.69, 9.17) is 4.74 Å². The summed E-state index contributed by atoms with van der Waals surface area (Å²) in [5.41, 5.74) is 1.11. The largest absolute Gasteiger partial charge is 0.508 e. The van der Waals surface area contributed by atoms with Gasteiger partial charge in [-0.15, -0.1) is 0 Å². The predicted octanol–water partition coefficient (Wildman–Crippen LogP) is 3.94. The van der Waals surface area contributed by atoms with Crippen LogP contribution in [0, 0.1) is 0 Å². The van der Waals surface area contributed by atoms with Crippen molar-refractivity contribution in [1.82, 2.24) is 9.80 Å². The molecule has 0 bridgehead atoms. The Balaban J connectivity index is 2.02. The molecule has 1 saturated heterocycles. The Bertz CT molecular complexity index is 1010. The fourth-order valence-electron chi connectivity index (χ4n) is 3.89. The molecule has 0 spiro atoms. The van der Waals surface area contributed by atoms with Gasteiger partial charge in [0.25, 0.3) is 11.7 Å². The zero-order chi connectivity index (χ0) is 24.0. The molecule has 0 radical (unpaired) electrons. The molecule has 1 unspecified atom stereocenters. The molecule has 176 valence electrons. The number of likely N-dealkylation sites (tertiary alicyclic amines) is 1. The first-order valence-electron chi connectivity index (χ1n) is 11.3. The van der Waals surface area contributed by atoms with E-state index in [9.17, 15) is 19.8 Å². The molecular formula is C26H32N2O5. The van der Waals surface area contributed by atoms with Gasteiger partial charge in [0.05, 0.1) is 18.2 Å². The maximum absolute atomic E-state index is 13.1. The van der Waals surface area contributed by atoms with E-state index < -0.39 is 17.7 Å². The van der Waals surface area contributed by atoms with Crippen molar-refractivity contribution >= 4 is 17.4 Å². The number of unbranched alkanes of at least 4 members (excludes halogenated alkanes) is 1. The lowest BCUT2D eigenvalue weighted by Crippen LogP contribution is -2.32. The number of carbonyl (C=O) groups excluding carboxylic acids is 2. The molecule has 3 rings (SSSR count). The average Bonchev–Trinajstić information content (AvgIpc) is 3.04. The Morgan fingerprint density at radius 3 is 2.48 bits per heavy atom. The summed E-state index contributed by atoms with van der Waals surface area (Å²) in [5.74, 6) is -0.909. The Morgan fingerprint density at radius 1 is 1.09 bits per heavy atom. The van der Waals surface area contributed by atoms with Crippen molar-refractivity contribution in [2.45, 2.75) is 32.2 Å². The maximum Gasteiger partial charge on any atom is 0.295 e. The highest BCUT2D eigenvalue weighted by Gasteiger charge is 2.45. The molecule has 1 atom stereocenters. The number of hydrogen-bond acceptors (Lipinski definition) is 6. The number of nitrogens with zero attached hydrogens (tertiary/aromatic N) is 2. The molecule has 33 heavy (non-hydrogen) atoms. The molecule has 2 N–H and O–H groups in total. The molecule has 1 aliphatic rings. The van der Waals surface area contributed by atoms with Crippen molar-refractivity contribution < 1.29 is 24.5 Å². The number of benzene rings is 2. The van der Waals surface area contributed by atoms with Gasteiger partial charge in [-0.2, -0.15) is 0 Å². The number of amides is 1. The number of ketones is 1. The van der Waals surface area contributed by atoms with Crippen molar-refractivity contribution in [1.29, 1.82) is 0 Å². The van der Waals surface area contributed by atoms with Gasteiger partial charge in [0.2, 0.25) is 0 Å². The third kappa shape index (κ3) is 5.73. The van der Waals surface area contributed by atoms with Crippen molar-refractivity contribution in [3.8, 4) is 11.5 Å². The highest BCUT2D eigenvalue weighted by Crippen LogP contribution is 2.40. The van der Waals surface area contributed by atoms with Crippen molar-refractivity contribution in [3.05, 3.63) is 65.2 Å². The molecule has 1 heterocycles. The number of aliphatic hydroxyl groups is 1. The summed E-state index contributed by atoms with van der Waals surface area (Å²) in [5, 5.41) is 20.9. The van der Waals surface area contributed by atoms with Gasteiger partial charge in [0, 0.05) is 12.1 Å². The SMILES string of the molecule is CCCCOc1cccc(C(O)=C2C(=O)C(=O)N(CCCN(C)C)C2c2ccc(O)cc2)c1. The molecule has 1 aliphatic heterocycles. The molecule has 1 amide bonds. The summed E-state index contributed by atoms with van der Waals surface area (Å²) in [4.78, 5) is 29.6. The molecule has 0 saturated carbocycles. The van der Waals surface area contributed by atoms with E-state index in [0.717, 1.165) is 19.4 Å². The number of aliphatic hydroxyl groups excluding tert-OH is 1. The summed E-state index contributed by atoms with van der Waals surface area (Å²) in [7, 11) is 3.89. The Hall–Kier alpha value is -3.32. The van der Waals surface area contributed by atoms with E-state index in [1.54, 1.807) is 36.4 Å². The fourth-order valence-corrected chi connectivity index (χ4v) is 3.89. The van der Waals surface area contributed by atoms with Crippen molar-refractivity contribution in [2.75, 3.05) is 33.8 Å². The van der Waals surface area contributed by atoms with Gasteiger partial charge in [-0.25, -0.2) is 0 Å². The van der Waals surface area contributed by atoms with E-state index >= 15 is 0 Å². The number of rotatable bonds is 10. The summed E-state index contributed by atoms with van der Waals surface area (Å²) in [6.45, 7) is 3.75. The van der Waals surface area contributed by atoms with E-state index in [-0.39, 0.29) is 17.1 Å². The van der Waals surface area contributed by atoms with Crippen LogP contribution >= 0.6 is 0 Å². The fraction of sp³-hybridized carbons (Fsp3) is 0.385. The molecule has 0 aliphatic carbocycles. The van der Waals surface area contributed by atoms with Crippen LogP contribution < -0.4 is 4.74 Å². The number of carbonyl (C=O) groups is 2. The van der Waals surface area contributed by atoms with E-state index in [1.807, 2.05) is 19.0 Å². The van der Waals surface area contributed by atoms with Gasteiger partial charge in [-0.05, 0) is 63.3 Å². The first-order valence-corrected chi connectivity index (χ1v) is 11.3. The van der Waals surface area contributed by atoms with Crippen LogP contribution in [-0.2, 0) is 9.59 Å². The first kappa shape index (κ1) is 24.3. The molecule has 7 heteroatoms. The molecule has 1 fully saturated rings. The smallest absolute Gasteiger partial charge is 0.295 e. The zero-order valence-electron chi connectivity index (χ0n) is 19.5. The Morgan fingerprint density at radius 2 is 1.82 bits per heavy atom. The quantitative estimate of drug-likeness (QED) is 0.246. The lowest BCUT2D eigenvalue weighted by molar-refractivity contribution is -0.139. The molecule has 2 aromatic carbocycles. The normalized spacial score (nSPS) is 17.7. The number of Topliss-reactive ketones (excluding diaryl/α,β-unsaturated/α-hetero) is 1. The van der Waals surface area contributed by atoms with E-state index in [0.29, 0.717) is 36.4 Å². The van der Waals surface area contributed by atoms with Gasteiger partial charge in [-0.3, -0.25) is 9.59 Å². The third-order valence-electron chi connectivity index (χ3n) is 5.63. The second-order valence-corrected chi connectivity index (χ2v) is 8.47. The van der Waals surface area contributed by atoms with Crippen LogP contribution in [0.2, 0.25) is 0 Å². The minimum absolute atomic E-state index is 0.0428. The van der Waals surface area contributed by atoms with Crippen LogP contribution in [0.15, 0.2) is 54.1 Å². The van der Waals surface area contributed by atoms with Gasteiger partial charge < -0.3 is 24.7 Å². The topological polar surface area (TPSA) is 90.3 Å². The summed E-state index contributed by atoms with van der Waals surface area (Å²) >= 11 is 0. The Kier molecular flexibility index (Phi) is 8.11. The van der Waals surface area contributed by atoms with Crippen LogP contribution in [-0.4, -0.2) is 65.5 Å². The Labute approximate surface area is 194 Å². The predicted molar refractivity (Wildman–Crippen MR) is 127 cm³/mol. The van der Waals surface area contributed by atoms with Gasteiger partial charge in [0.15, 0.2) is 0 Å². The summed E-state index contributed by atoms with van der Waals surface area (Å²) < 4.78 is 5.74. The minimum Gasteiger partial charge on any atom is -0.508 e. The standard InChI is InChI=1S/C26H32N2O5/c1-4-5-16-33-21-9-6-8-19(17-21)24(30)22-23(18-10-12-20(29)13-11-18)28(26(32)25(22)31)15-7-14-27(2)3/h6,8-13,17,23,29-30H,4-5,7,14-16H2,1-3H3. The maximum atomic E-state index is 13.1. The molecule has 7 nitrogen and oxygen atoms in total. The highest BCUT2D eigenvalue weighted by atomic mass is 16.5. The van der Waals surface area contributed by atoms with Crippen LogP contribution in [0.4, 0.5) is 0 Å². The second-order valence-electron chi connectivity index (χ2n) is 8.47. The number of phenolic OH excluding ortho intramolecular Hbond substituents is 1. The van der Waals surface area contributed by atoms with Gasteiger partial charge in [0.1, 0.15) is 17.3 Å². The van der Waals surface area contributed by atoms with Crippen molar-refractivity contribution in [2.24, 2.45) is 0 Å². The lowest BCUT2D eigenvalue weighted by Gasteiger charge is -2.26. The second kappa shape index (κ2) is 11.0. The van der Waals surface area contributed by atoms with Gasteiger partial charge >= 0.3 is 0 Å². The number of ether oxygens (including phenoxy) is 1. The average molecular weight is 453 g/mol. The summed E-state index contributed by atoms with van der Waals surface area (Å²) in [6.07, 6.45) is 2.59. The van der Waals surface area contributed by atoms with Crippen LogP contribution in [0.3, 0.4) is 0 Å². The van der Waals surface area contributed by atoms with Crippen LogP contribution in [0.25, 0.3) is 5.76 Å². The zero-order valence-corrected chi connectivity index (χ0v) is 19.5. The minimum atomic E-state index is -0.738. The number of phenols is 1. The molecular weight excluding hydrogens is 420 g/mol.